The van der Waals surface area contributed by atoms with Crippen LogP contribution in [0.25, 0.3) is 54.9 Å². The van der Waals surface area contributed by atoms with Gasteiger partial charge in [-0.05, 0) is 43.3 Å². The van der Waals surface area contributed by atoms with Crippen molar-refractivity contribution in [3.8, 4) is 38.8 Å². The molecule has 0 saturated carbocycles. The highest BCUT2D eigenvalue weighted by atomic mass is 32.1. The first-order valence-corrected chi connectivity index (χ1v) is 11.5. The fourth-order valence-corrected chi connectivity index (χ4v) is 5.06. The second kappa shape index (κ2) is 7.93. The lowest BCUT2D eigenvalue weighted by molar-refractivity contribution is 0.102. The first kappa shape index (κ1) is 20.3. The Kier molecular flexibility index (Phi) is 4.74. The summed E-state index contributed by atoms with van der Waals surface area (Å²) < 4.78 is 5.31. The zero-order chi connectivity index (χ0) is 23.2. The van der Waals surface area contributed by atoms with Crippen LogP contribution in [-0.2, 0) is 0 Å². The Morgan fingerprint density at radius 1 is 1.00 bits per heavy atom. The molecule has 0 bridgehead atoms. The molecule has 0 atom stereocenters. The lowest BCUT2D eigenvalue weighted by Crippen LogP contribution is -1.88. The smallest absolute Gasteiger partial charge is 0.169 e. The van der Waals surface area contributed by atoms with Crippen LogP contribution < -0.4 is 4.74 Å². The zero-order valence-electron chi connectivity index (χ0n) is 18.4. The van der Waals surface area contributed by atoms with Crippen molar-refractivity contribution in [1.82, 2.24) is 25.1 Å². The van der Waals surface area contributed by atoms with Crippen molar-refractivity contribution in [2.75, 3.05) is 7.11 Å². The molecule has 34 heavy (non-hydrogen) atoms. The van der Waals surface area contributed by atoms with Gasteiger partial charge in [-0.15, -0.1) is 11.3 Å². The van der Waals surface area contributed by atoms with E-state index >= 15 is 0 Å². The standard InChI is InChI=1S/C26H19N5O2S/c1-14(32)24-6-7-25(34-24)17-4-3-5-20-18(17)9-22(29-20)26-19-10-21(28-13-23(19)30-31-26)15-8-16(33-2)12-27-11-15/h3-13,29H,1-2H3,(H,30,31). The van der Waals surface area contributed by atoms with Gasteiger partial charge in [0.05, 0.1) is 41.3 Å². The molecule has 0 amide bonds. The molecule has 2 N–H and O–H groups in total. The predicted octanol–water partition coefficient (Wildman–Crippen LogP) is 6.11. The number of hydrogen-bond acceptors (Lipinski definition) is 6. The maximum absolute atomic E-state index is 11.8. The van der Waals surface area contributed by atoms with Crippen molar-refractivity contribution in [1.29, 1.82) is 0 Å². The minimum absolute atomic E-state index is 0.0804. The summed E-state index contributed by atoms with van der Waals surface area (Å²) in [6.07, 6.45) is 5.21. The Balaban J connectivity index is 1.47. The topological polar surface area (TPSA) is 96.5 Å². The highest BCUT2D eigenvalue weighted by molar-refractivity contribution is 7.17. The van der Waals surface area contributed by atoms with E-state index in [-0.39, 0.29) is 5.78 Å². The molecule has 0 spiro atoms. The molecule has 7 nitrogen and oxygen atoms in total. The molecule has 0 saturated heterocycles. The summed E-state index contributed by atoms with van der Waals surface area (Å²) in [5.41, 5.74) is 6.30. The second-order valence-corrected chi connectivity index (χ2v) is 9.05. The summed E-state index contributed by atoms with van der Waals surface area (Å²) in [7, 11) is 1.62. The quantitative estimate of drug-likeness (QED) is 0.300. The Hall–Kier alpha value is -4.30. The van der Waals surface area contributed by atoms with Crippen molar-refractivity contribution >= 4 is 38.9 Å². The van der Waals surface area contributed by atoms with E-state index in [1.165, 1.54) is 11.3 Å². The lowest BCUT2D eigenvalue weighted by atomic mass is 10.1. The largest absolute Gasteiger partial charge is 0.495 e. The first-order chi connectivity index (χ1) is 16.6. The van der Waals surface area contributed by atoms with E-state index in [1.807, 2.05) is 36.4 Å². The SMILES string of the molecule is COc1cncc(-c2cc3c(-c4cc5c(-c6ccc(C(C)=O)s6)cccc5[nH]4)n[nH]c3cn2)c1. The fourth-order valence-electron chi connectivity index (χ4n) is 4.12. The van der Waals surface area contributed by atoms with Gasteiger partial charge in [0.25, 0.3) is 0 Å². The van der Waals surface area contributed by atoms with E-state index in [0.717, 1.165) is 59.8 Å². The van der Waals surface area contributed by atoms with E-state index in [2.05, 4.69) is 37.3 Å². The molecule has 5 heterocycles. The van der Waals surface area contributed by atoms with Gasteiger partial charge in [-0.1, -0.05) is 12.1 Å². The van der Waals surface area contributed by atoms with Gasteiger partial charge in [0.2, 0.25) is 0 Å². The highest BCUT2D eigenvalue weighted by Gasteiger charge is 2.16. The number of carbonyl (C=O) groups is 1. The summed E-state index contributed by atoms with van der Waals surface area (Å²) in [5.74, 6) is 0.758. The van der Waals surface area contributed by atoms with Crippen molar-refractivity contribution in [3.63, 3.8) is 0 Å². The van der Waals surface area contributed by atoms with Crippen LogP contribution in [0.4, 0.5) is 0 Å². The molecule has 1 aromatic carbocycles. The molecule has 0 radical (unpaired) electrons. The molecule has 0 aliphatic rings. The third-order valence-electron chi connectivity index (χ3n) is 5.83. The van der Waals surface area contributed by atoms with Crippen LogP contribution in [0, 0.1) is 0 Å². The normalized spacial score (nSPS) is 11.4. The molecule has 8 heteroatoms. The van der Waals surface area contributed by atoms with Crippen LogP contribution >= 0.6 is 11.3 Å². The van der Waals surface area contributed by atoms with Crippen LogP contribution in [0.3, 0.4) is 0 Å². The summed E-state index contributed by atoms with van der Waals surface area (Å²) in [4.78, 5) is 25.9. The van der Waals surface area contributed by atoms with E-state index in [0.29, 0.717) is 5.75 Å². The number of methoxy groups -OCH3 is 1. The molecule has 0 fully saturated rings. The first-order valence-electron chi connectivity index (χ1n) is 10.7. The number of Topliss-reactive ketones (excluding diaryl/α,β-unsaturated/α-hetero) is 1. The molecule has 6 aromatic rings. The highest BCUT2D eigenvalue weighted by Crippen LogP contribution is 2.37. The monoisotopic (exact) mass is 465 g/mol. The van der Waals surface area contributed by atoms with E-state index in [4.69, 9.17) is 4.74 Å². The van der Waals surface area contributed by atoms with Crippen LogP contribution in [0.2, 0.25) is 0 Å². The molecule has 0 aliphatic heterocycles. The van der Waals surface area contributed by atoms with Crippen LogP contribution in [0.5, 0.6) is 5.75 Å². The van der Waals surface area contributed by atoms with E-state index < -0.39 is 0 Å². The summed E-state index contributed by atoms with van der Waals surface area (Å²) in [5, 5.41) is 9.70. The number of carbonyl (C=O) groups excluding carboxylic acids is 1. The van der Waals surface area contributed by atoms with Gasteiger partial charge in [-0.2, -0.15) is 5.10 Å². The molecule has 6 rings (SSSR count). The number of nitrogens with zero attached hydrogens (tertiary/aromatic N) is 3. The average molecular weight is 466 g/mol. The second-order valence-electron chi connectivity index (χ2n) is 7.97. The van der Waals surface area contributed by atoms with Gasteiger partial charge >= 0.3 is 0 Å². The predicted molar refractivity (Wildman–Crippen MR) is 134 cm³/mol. The maximum atomic E-state index is 11.8. The number of H-pyrrole nitrogens is 2. The molecule has 5 aromatic heterocycles. The van der Waals surface area contributed by atoms with Gasteiger partial charge in [0.15, 0.2) is 5.78 Å². The van der Waals surface area contributed by atoms with Gasteiger partial charge < -0.3 is 9.72 Å². The number of hydrogen-bond donors (Lipinski definition) is 2. The molecule has 166 valence electrons. The number of aromatic nitrogens is 5. The maximum Gasteiger partial charge on any atom is 0.169 e. The number of ether oxygens (including phenoxy) is 1. The molecular weight excluding hydrogens is 446 g/mol. The minimum Gasteiger partial charge on any atom is -0.495 e. The third-order valence-corrected chi connectivity index (χ3v) is 7.05. The van der Waals surface area contributed by atoms with Crippen molar-refractivity contribution in [2.24, 2.45) is 0 Å². The van der Waals surface area contributed by atoms with Gasteiger partial charge in [0, 0.05) is 38.5 Å². The minimum atomic E-state index is 0.0804. The van der Waals surface area contributed by atoms with Crippen molar-refractivity contribution in [3.05, 3.63) is 72.0 Å². The van der Waals surface area contributed by atoms with Crippen LogP contribution in [-0.4, -0.2) is 38.0 Å². The third kappa shape index (κ3) is 3.36. The van der Waals surface area contributed by atoms with Crippen LogP contribution in [0.1, 0.15) is 16.6 Å². The number of fused-ring (bicyclic) bond motifs is 2. The average Bonchev–Trinajstić information content (AvgIpc) is 3.61. The number of ketones is 1. The van der Waals surface area contributed by atoms with Crippen molar-refractivity contribution in [2.45, 2.75) is 6.92 Å². The Labute approximate surface area is 198 Å². The number of pyridine rings is 2. The van der Waals surface area contributed by atoms with Gasteiger partial charge in [0.1, 0.15) is 11.4 Å². The summed E-state index contributed by atoms with van der Waals surface area (Å²) in [6, 6.07) is 16.1. The number of aromatic amines is 2. The molecular formula is C26H19N5O2S. The molecule has 0 aliphatic carbocycles. The van der Waals surface area contributed by atoms with E-state index in [9.17, 15) is 4.79 Å². The van der Waals surface area contributed by atoms with E-state index in [1.54, 1.807) is 32.6 Å². The zero-order valence-corrected chi connectivity index (χ0v) is 19.2. The Morgan fingerprint density at radius 3 is 2.74 bits per heavy atom. The summed E-state index contributed by atoms with van der Waals surface area (Å²) in [6.45, 7) is 1.60. The number of nitrogens with one attached hydrogen (secondary N) is 2. The van der Waals surface area contributed by atoms with Crippen LogP contribution in [0.15, 0.2) is 67.1 Å². The summed E-state index contributed by atoms with van der Waals surface area (Å²) >= 11 is 1.51. The molecule has 0 unspecified atom stereocenters. The number of benzene rings is 1. The lowest BCUT2D eigenvalue weighted by Gasteiger charge is -2.04. The van der Waals surface area contributed by atoms with Gasteiger partial charge in [-0.3, -0.25) is 19.9 Å². The Bertz CT molecular complexity index is 1690. The fraction of sp³-hybridized carbons (Fsp3) is 0.0769. The number of rotatable bonds is 5. The number of thiophene rings is 1. The van der Waals surface area contributed by atoms with Crippen molar-refractivity contribution < 1.29 is 9.53 Å². The Morgan fingerprint density at radius 2 is 1.91 bits per heavy atom. The van der Waals surface area contributed by atoms with Gasteiger partial charge in [-0.25, -0.2) is 0 Å².